The van der Waals surface area contributed by atoms with Crippen LogP contribution in [0.15, 0.2) is 212 Å². The molecule has 0 aliphatic heterocycles. The van der Waals surface area contributed by atoms with Crippen LogP contribution >= 0.6 is 0 Å². The van der Waals surface area contributed by atoms with Crippen molar-refractivity contribution >= 4 is 82.4 Å². The van der Waals surface area contributed by atoms with E-state index < -0.39 is 0 Å². The van der Waals surface area contributed by atoms with Gasteiger partial charge in [-0.3, -0.25) is 0 Å². The normalized spacial score (nSPS) is 11.7. The van der Waals surface area contributed by atoms with Gasteiger partial charge in [0.15, 0.2) is 0 Å². The topological polar surface area (TPSA) is 62.4 Å². The van der Waals surface area contributed by atoms with E-state index in [2.05, 4.69) is 214 Å². The van der Waals surface area contributed by atoms with E-state index in [1.807, 2.05) is 18.2 Å². The Morgan fingerprint density at radius 1 is 0.369 bits per heavy atom. The molecule has 5 heteroatoms. The van der Waals surface area contributed by atoms with Gasteiger partial charge in [-0.1, -0.05) is 140 Å². The second-order valence-corrected chi connectivity index (χ2v) is 16.8. The smallest absolute Gasteiger partial charge is 0.1000 e. The van der Waals surface area contributed by atoms with Gasteiger partial charge in [-0.2, -0.15) is 5.26 Å². The van der Waals surface area contributed by atoms with Crippen molar-refractivity contribution in [3.05, 3.63) is 223 Å². The van der Waals surface area contributed by atoms with Gasteiger partial charge in [-0.15, -0.1) is 0 Å². The van der Waals surface area contributed by atoms with Crippen LogP contribution in [0.1, 0.15) is 11.1 Å². The number of hydrogen-bond donors (Lipinski definition) is 1. The third-order valence-corrected chi connectivity index (χ3v) is 13.4. The fraction of sp³-hybridized carbons (Fsp3) is 0. The SMILES string of the molecule is N#Cc1cc(-n2c3ccc(-n4c5ccccc5c5ccccc54)cc3c3c4ccccc4ccc32)cc(-n2c3ccc(-c4ccccc4)cc3c3cc(-c4ccccc4)ccc32)c1C=N. The van der Waals surface area contributed by atoms with Crippen molar-refractivity contribution in [3.8, 4) is 45.4 Å². The zero-order valence-electron chi connectivity index (χ0n) is 35.1. The molecule has 0 atom stereocenters. The lowest BCUT2D eigenvalue weighted by molar-refractivity contribution is 1.12. The van der Waals surface area contributed by atoms with Crippen LogP contribution in [0.2, 0.25) is 0 Å². The van der Waals surface area contributed by atoms with E-state index in [0.29, 0.717) is 11.1 Å². The Balaban J connectivity index is 1.10. The highest BCUT2D eigenvalue weighted by atomic mass is 15.0. The minimum absolute atomic E-state index is 0.432. The average molecular weight is 828 g/mol. The van der Waals surface area contributed by atoms with Gasteiger partial charge in [0.2, 0.25) is 0 Å². The number of para-hydroxylation sites is 2. The fourth-order valence-corrected chi connectivity index (χ4v) is 10.5. The predicted molar refractivity (Wildman–Crippen MR) is 270 cm³/mol. The van der Waals surface area contributed by atoms with Crippen LogP contribution < -0.4 is 0 Å². The molecule has 0 amide bonds. The number of aromatic nitrogens is 3. The lowest BCUT2D eigenvalue weighted by atomic mass is 10.0. The second-order valence-electron chi connectivity index (χ2n) is 16.8. The number of hydrogen-bond acceptors (Lipinski definition) is 2. The molecule has 5 nitrogen and oxygen atoms in total. The summed E-state index contributed by atoms with van der Waals surface area (Å²) in [6.45, 7) is 0. The second kappa shape index (κ2) is 14.3. The van der Waals surface area contributed by atoms with Crippen molar-refractivity contribution < 1.29 is 0 Å². The minimum atomic E-state index is 0.432. The molecule has 10 aromatic carbocycles. The lowest BCUT2D eigenvalue weighted by Crippen LogP contribution is -2.05. The van der Waals surface area contributed by atoms with Gasteiger partial charge in [0.05, 0.1) is 50.4 Å². The maximum atomic E-state index is 11.0. The standard InChI is InChI=1S/C60H37N5/c61-36-43-31-45(35-59(52(43)37-62)65-55-27-24-41(38-13-3-1-4-14-38)32-49(55)50-33-42(25-28-56(50)65)39-15-5-2-6-16-39)64-57-30-26-44(34-51(57)60-46-18-8-7-17-40(46)23-29-58(60)64)63-53-21-11-9-19-47(53)48-20-10-12-22-54(48)63/h1-35,37,62H. The van der Waals surface area contributed by atoms with Crippen molar-refractivity contribution in [1.29, 1.82) is 10.7 Å². The van der Waals surface area contributed by atoms with E-state index in [9.17, 15) is 5.26 Å². The molecule has 13 rings (SSSR count). The van der Waals surface area contributed by atoms with Gasteiger partial charge in [-0.05, 0) is 106 Å². The molecule has 13 aromatic rings. The molecule has 0 unspecified atom stereocenters. The Labute approximate surface area is 374 Å². The molecular weight excluding hydrogens is 791 g/mol. The predicted octanol–water partition coefficient (Wildman–Crippen LogP) is 15.3. The van der Waals surface area contributed by atoms with Crippen molar-refractivity contribution in [3.63, 3.8) is 0 Å². The Morgan fingerprint density at radius 2 is 0.877 bits per heavy atom. The third kappa shape index (κ3) is 5.48. The first-order valence-electron chi connectivity index (χ1n) is 21.9. The summed E-state index contributed by atoms with van der Waals surface area (Å²) >= 11 is 0. The maximum absolute atomic E-state index is 11.0. The molecule has 0 saturated carbocycles. The highest BCUT2D eigenvalue weighted by Crippen LogP contribution is 2.43. The zero-order valence-corrected chi connectivity index (χ0v) is 35.1. The Morgan fingerprint density at radius 3 is 1.49 bits per heavy atom. The Kier molecular flexibility index (Phi) is 8.05. The number of benzene rings is 10. The number of nitrogens with zero attached hydrogens (tertiary/aromatic N) is 4. The van der Waals surface area contributed by atoms with Crippen LogP contribution in [0.25, 0.3) is 116 Å². The van der Waals surface area contributed by atoms with E-state index in [-0.39, 0.29) is 0 Å². The first kappa shape index (κ1) is 36.7. The van der Waals surface area contributed by atoms with Crippen molar-refractivity contribution in [2.45, 2.75) is 0 Å². The molecule has 0 aliphatic rings. The average Bonchev–Trinajstić information content (AvgIpc) is 4.01. The van der Waals surface area contributed by atoms with Gasteiger partial charge >= 0.3 is 0 Å². The highest BCUT2D eigenvalue weighted by Gasteiger charge is 2.23. The largest absolute Gasteiger partial charge is 0.309 e. The molecule has 0 radical (unpaired) electrons. The van der Waals surface area contributed by atoms with Crippen LogP contribution in [-0.4, -0.2) is 19.9 Å². The van der Waals surface area contributed by atoms with E-state index in [4.69, 9.17) is 5.41 Å². The number of nitriles is 1. The molecule has 302 valence electrons. The van der Waals surface area contributed by atoms with Crippen LogP contribution in [0, 0.1) is 16.7 Å². The van der Waals surface area contributed by atoms with E-state index in [0.717, 1.165) is 105 Å². The molecule has 0 spiro atoms. The van der Waals surface area contributed by atoms with E-state index >= 15 is 0 Å². The maximum Gasteiger partial charge on any atom is 0.1000 e. The molecular formula is C60H37N5. The van der Waals surface area contributed by atoms with E-state index in [1.54, 1.807) is 0 Å². The van der Waals surface area contributed by atoms with E-state index in [1.165, 1.54) is 17.0 Å². The number of fused-ring (bicyclic) bond motifs is 11. The summed E-state index contributed by atoms with van der Waals surface area (Å²) in [6.07, 6.45) is 1.34. The summed E-state index contributed by atoms with van der Waals surface area (Å²) in [6, 6.07) is 77.9. The molecule has 0 saturated heterocycles. The molecule has 0 bridgehead atoms. The van der Waals surface area contributed by atoms with Gasteiger partial charge in [-0.25, -0.2) is 0 Å². The summed E-state index contributed by atoms with van der Waals surface area (Å²) in [5.41, 5.74) is 14.6. The Bertz CT molecular complexity index is 3990. The zero-order chi connectivity index (χ0) is 43.2. The highest BCUT2D eigenvalue weighted by molar-refractivity contribution is 6.22. The first-order valence-corrected chi connectivity index (χ1v) is 21.9. The molecule has 3 heterocycles. The fourth-order valence-electron chi connectivity index (χ4n) is 10.5. The van der Waals surface area contributed by atoms with Crippen molar-refractivity contribution in [1.82, 2.24) is 13.7 Å². The van der Waals surface area contributed by atoms with Gasteiger partial charge in [0, 0.05) is 55.5 Å². The molecule has 0 fully saturated rings. The summed E-state index contributed by atoms with van der Waals surface area (Å²) in [7, 11) is 0. The molecule has 1 N–H and O–H groups in total. The van der Waals surface area contributed by atoms with Crippen molar-refractivity contribution in [2.75, 3.05) is 0 Å². The Hall–Kier alpha value is -8.98. The number of rotatable bonds is 6. The van der Waals surface area contributed by atoms with Gasteiger partial charge in [0.1, 0.15) is 0 Å². The summed E-state index contributed by atoms with van der Waals surface area (Å²) in [5, 5.41) is 29.0. The lowest BCUT2D eigenvalue weighted by Gasteiger charge is -2.17. The van der Waals surface area contributed by atoms with Crippen LogP contribution in [0.3, 0.4) is 0 Å². The quantitative estimate of drug-likeness (QED) is 0.167. The molecule has 3 aromatic heterocycles. The van der Waals surface area contributed by atoms with Gasteiger partial charge in [0.25, 0.3) is 0 Å². The molecule has 0 aliphatic carbocycles. The third-order valence-electron chi connectivity index (χ3n) is 13.4. The monoisotopic (exact) mass is 827 g/mol. The minimum Gasteiger partial charge on any atom is -0.309 e. The van der Waals surface area contributed by atoms with Gasteiger partial charge < -0.3 is 19.1 Å². The van der Waals surface area contributed by atoms with Crippen LogP contribution in [0.4, 0.5) is 0 Å². The number of nitrogens with one attached hydrogen (secondary N) is 1. The first-order chi connectivity index (χ1) is 32.2. The van der Waals surface area contributed by atoms with Crippen LogP contribution in [-0.2, 0) is 0 Å². The molecule has 65 heavy (non-hydrogen) atoms. The van der Waals surface area contributed by atoms with Crippen molar-refractivity contribution in [2.24, 2.45) is 0 Å². The summed E-state index contributed by atoms with van der Waals surface area (Å²) < 4.78 is 6.93. The van der Waals surface area contributed by atoms with Crippen LogP contribution in [0.5, 0.6) is 0 Å². The summed E-state index contributed by atoms with van der Waals surface area (Å²) in [4.78, 5) is 0. The summed E-state index contributed by atoms with van der Waals surface area (Å²) in [5.74, 6) is 0.